The molecule has 1 unspecified atom stereocenters. The van der Waals surface area contributed by atoms with Crippen LogP contribution >= 0.6 is 0 Å². The molecule has 0 radical (unpaired) electrons. The van der Waals surface area contributed by atoms with Gasteiger partial charge in [-0.3, -0.25) is 0 Å². The first-order chi connectivity index (χ1) is 8.74. The third-order valence-electron chi connectivity index (χ3n) is 3.04. The zero-order valence-corrected chi connectivity index (χ0v) is 10.6. The Hall–Kier alpha value is -1.40. The van der Waals surface area contributed by atoms with Crippen LogP contribution in [0.1, 0.15) is 12.8 Å². The number of nitrogens with two attached hydrogens (primary N) is 1. The fourth-order valence-electron chi connectivity index (χ4n) is 2.04. The number of nitrogen functional groups attached to an aromatic ring is 1. The lowest BCUT2D eigenvalue weighted by molar-refractivity contribution is 0.0990. The van der Waals surface area contributed by atoms with E-state index in [0.717, 1.165) is 12.8 Å². The number of anilines is 1. The summed E-state index contributed by atoms with van der Waals surface area (Å²) in [4.78, 5) is 4.27. The average molecular weight is 266 g/mol. The molecule has 1 aliphatic rings. The molecule has 0 saturated carbocycles. The minimum Gasteiger partial charge on any atom is -0.430 e. The molecule has 6 heteroatoms. The van der Waals surface area contributed by atoms with E-state index in [9.17, 15) is 4.21 Å². The molecule has 2 N–H and O–H groups in total. The van der Waals surface area contributed by atoms with Crippen LogP contribution in [0.4, 0.5) is 5.69 Å². The fourth-order valence-corrected chi connectivity index (χ4v) is 3.30. The van der Waals surface area contributed by atoms with Gasteiger partial charge in [0.2, 0.25) is 0 Å². The monoisotopic (exact) mass is 266 g/mol. The lowest BCUT2D eigenvalue weighted by atomic mass is 10.2. The normalized spacial score (nSPS) is 19.1. The van der Waals surface area contributed by atoms with Crippen LogP contribution in [0.3, 0.4) is 0 Å². The smallest absolute Gasteiger partial charge is 0.288 e. The van der Waals surface area contributed by atoms with Crippen molar-refractivity contribution in [2.45, 2.75) is 23.3 Å². The summed E-state index contributed by atoms with van der Waals surface area (Å²) in [5.41, 5.74) is 7.57. The second kappa shape index (κ2) is 4.70. The van der Waals surface area contributed by atoms with E-state index in [4.69, 9.17) is 14.9 Å². The Morgan fingerprint density at radius 3 is 2.89 bits per heavy atom. The van der Waals surface area contributed by atoms with Gasteiger partial charge in [0.25, 0.3) is 5.22 Å². The van der Waals surface area contributed by atoms with Gasteiger partial charge in [-0.2, -0.15) is 0 Å². The van der Waals surface area contributed by atoms with Gasteiger partial charge >= 0.3 is 0 Å². The van der Waals surface area contributed by atoms with Crippen LogP contribution in [0, 0.1) is 0 Å². The van der Waals surface area contributed by atoms with Crippen LogP contribution < -0.4 is 5.73 Å². The van der Waals surface area contributed by atoms with Crippen LogP contribution in [0.5, 0.6) is 0 Å². The number of ether oxygens (including phenoxy) is 1. The lowest BCUT2D eigenvalue weighted by Gasteiger charge is -2.19. The second-order valence-electron chi connectivity index (χ2n) is 4.32. The van der Waals surface area contributed by atoms with Gasteiger partial charge in [0.05, 0.1) is 0 Å². The standard InChI is InChI=1S/C12H14N2O3S/c13-8-1-2-10-11(7-8)17-12(14-10)18(15)9-3-5-16-6-4-9/h1-2,7,9H,3-6,13H2. The molecule has 2 aromatic rings. The number of fused-ring (bicyclic) bond motifs is 1. The molecular formula is C12H14N2O3S. The Bertz CT molecular complexity index is 590. The number of nitrogens with zero attached hydrogens (tertiary/aromatic N) is 1. The summed E-state index contributed by atoms with van der Waals surface area (Å²) in [6, 6.07) is 5.23. The first-order valence-electron chi connectivity index (χ1n) is 5.88. The van der Waals surface area contributed by atoms with E-state index in [1.807, 2.05) is 0 Å². The Balaban J connectivity index is 1.91. The quantitative estimate of drug-likeness (QED) is 0.837. The van der Waals surface area contributed by atoms with Gasteiger partial charge in [-0.15, -0.1) is 0 Å². The van der Waals surface area contributed by atoms with Crippen molar-refractivity contribution >= 4 is 27.6 Å². The van der Waals surface area contributed by atoms with Crippen LogP contribution in [-0.4, -0.2) is 27.7 Å². The Kier molecular flexibility index (Phi) is 3.05. The zero-order valence-electron chi connectivity index (χ0n) is 9.80. The van der Waals surface area contributed by atoms with Crippen molar-refractivity contribution in [2.24, 2.45) is 0 Å². The maximum Gasteiger partial charge on any atom is 0.288 e. The minimum atomic E-state index is -1.21. The summed E-state index contributed by atoms with van der Waals surface area (Å²) in [5, 5.41) is 0.367. The van der Waals surface area contributed by atoms with Crippen molar-refractivity contribution in [3.05, 3.63) is 18.2 Å². The molecule has 96 valence electrons. The first kappa shape index (κ1) is 11.7. The summed E-state index contributed by atoms with van der Waals surface area (Å²) in [6.45, 7) is 1.31. The zero-order chi connectivity index (χ0) is 12.5. The molecule has 1 fully saturated rings. The number of rotatable bonds is 2. The van der Waals surface area contributed by atoms with E-state index < -0.39 is 10.8 Å². The topological polar surface area (TPSA) is 78.3 Å². The molecule has 0 aliphatic carbocycles. The van der Waals surface area contributed by atoms with E-state index >= 15 is 0 Å². The molecule has 0 amide bonds. The molecule has 0 spiro atoms. The molecular weight excluding hydrogens is 252 g/mol. The minimum absolute atomic E-state index is 0.0733. The lowest BCUT2D eigenvalue weighted by Crippen LogP contribution is -2.25. The Morgan fingerprint density at radius 1 is 1.33 bits per heavy atom. The van der Waals surface area contributed by atoms with Crippen molar-refractivity contribution in [3.8, 4) is 0 Å². The average Bonchev–Trinajstić information content (AvgIpc) is 2.81. The van der Waals surface area contributed by atoms with E-state index in [0.29, 0.717) is 35.2 Å². The molecule has 1 atom stereocenters. The summed E-state index contributed by atoms with van der Waals surface area (Å²) in [6.07, 6.45) is 1.57. The third kappa shape index (κ3) is 2.13. The van der Waals surface area contributed by atoms with Crippen LogP contribution in [0.15, 0.2) is 27.8 Å². The van der Waals surface area contributed by atoms with E-state index in [1.165, 1.54) is 0 Å². The van der Waals surface area contributed by atoms with Gasteiger partial charge in [0.15, 0.2) is 5.58 Å². The number of benzene rings is 1. The van der Waals surface area contributed by atoms with Crippen molar-refractivity contribution in [1.29, 1.82) is 0 Å². The Labute approximate surface area is 107 Å². The number of oxazole rings is 1. The van der Waals surface area contributed by atoms with Crippen molar-refractivity contribution < 1.29 is 13.4 Å². The molecule has 1 aliphatic heterocycles. The predicted molar refractivity (Wildman–Crippen MR) is 68.7 cm³/mol. The van der Waals surface area contributed by atoms with E-state index in [1.54, 1.807) is 18.2 Å². The third-order valence-corrected chi connectivity index (χ3v) is 4.63. The van der Waals surface area contributed by atoms with Gasteiger partial charge in [0.1, 0.15) is 16.3 Å². The highest BCUT2D eigenvalue weighted by molar-refractivity contribution is 7.85. The van der Waals surface area contributed by atoms with Gasteiger partial charge in [-0.05, 0) is 25.0 Å². The number of aromatic nitrogens is 1. The van der Waals surface area contributed by atoms with Crippen LogP contribution in [0.2, 0.25) is 0 Å². The predicted octanol–water partition coefficient (Wildman–Crippen LogP) is 1.70. The molecule has 18 heavy (non-hydrogen) atoms. The van der Waals surface area contributed by atoms with Gasteiger partial charge in [0, 0.05) is 30.2 Å². The van der Waals surface area contributed by atoms with Crippen LogP contribution in [0.25, 0.3) is 11.1 Å². The van der Waals surface area contributed by atoms with Gasteiger partial charge in [-0.1, -0.05) is 0 Å². The molecule has 0 bridgehead atoms. The van der Waals surface area contributed by atoms with E-state index in [-0.39, 0.29) is 5.25 Å². The molecule has 1 aromatic carbocycles. The van der Waals surface area contributed by atoms with Crippen molar-refractivity contribution in [3.63, 3.8) is 0 Å². The van der Waals surface area contributed by atoms with Gasteiger partial charge < -0.3 is 14.9 Å². The molecule has 2 heterocycles. The Morgan fingerprint density at radius 2 is 2.11 bits per heavy atom. The van der Waals surface area contributed by atoms with E-state index in [2.05, 4.69) is 4.98 Å². The van der Waals surface area contributed by atoms with Crippen molar-refractivity contribution in [2.75, 3.05) is 18.9 Å². The van der Waals surface area contributed by atoms with Gasteiger partial charge in [-0.25, -0.2) is 9.19 Å². The summed E-state index contributed by atoms with van der Waals surface area (Å²) < 4.78 is 23.1. The van der Waals surface area contributed by atoms with Crippen molar-refractivity contribution in [1.82, 2.24) is 4.98 Å². The maximum absolute atomic E-state index is 12.3. The highest BCUT2D eigenvalue weighted by Crippen LogP contribution is 2.24. The largest absolute Gasteiger partial charge is 0.430 e. The molecule has 3 rings (SSSR count). The second-order valence-corrected chi connectivity index (χ2v) is 5.93. The SMILES string of the molecule is Nc1ccc2nc(S(=O)C3CCOCC3)oc2c1. The van der Waals surface area contributed by atoms with Crippen LogP contribution in [-0.2, 0) is 15.5 Å². The molecule has 1 saturated heterocycles. The summed E-state index contributed by atoms with van der Waals surface area (Å²) >= 11 is 0. The molecule has 1 aromatic heterocycles. The molecule has 5 nitrogen and oxygen atoms in total. The maximum atomic E-state index is 12.3. The highest BCUT2D eigenvalue weighted by atomic mass is 32.2. The summed E-state index contributed by atoms with van der Waals surface area (Å²) in [5.74, 6) is 0. The number of hydrogen-bond donors (Lipinski definition) is 1. The summed E-state index contributed by atoms with van der Waals surface area (Å²) in [7, 11) is -1.21. The highest BCUT2D eigenvalue weighted by Gasteiger charge is 2.25. The number of hydrogen-bond acceptors (Lipinski definition) is 5. The first-order valence-corrected chi connectivity index (χ1v) is 7.10. The fraction of sp³-hybridized carbons (Fsp3) is 0.417.